The lowest BCUT2D eigenvalue weighted by molar-refractivity contribution is -0.144. The van der Waals surface area contributed by atoms with Gasteiger partial charge in [-0.3, -0.25) is 19.2 Å². The van der Waals surface area contributed by atoms with Crippen LogP contribution in [-0.2, 0) is 19.2 Å². The van der Waals surface area contributed by atoms with Crippen LogP contribution in [0.2, 0.25) is 0 Å². The standard InChI is InChI=1S/C14H19N3O4/c1-3-13(20)17-9-11(19)8-12(17)14(21)16-6-4-15(5-7-16)10(2)18/h3,12H,1,4-9H2,2H3/t12-/m0/s1. The maximum Gasteiger partial charge on any atom is 0.247 e. The molecule has 0 bridgehead atoms. The van der Waals surface area contributed by atoms with Crippen molar-refractivity contribution < 1.29 is 19.2 Å². The molecule has 0 spiro atoms. The highest BCUT2D eigenvalue weighted by atomic mass is 16.2. The lowest BCUT2D eigenvalue weighted by Gasteiger charge is -2.36. The van der Waals surface area contributed by atoms with Gasteiger partial charge in [0.15, 0.2) is 5.78 Å². The van der Waals surface area contributed by atoms with Gasteiger partial charge in [0.2, 0.25) is 17.7 Å². The van der Waals surface area contributed by atoms with Gasteiger partial charge in [-0.05, 0) is 6.08 Å². The zero-order valence-corrected chi connectivity index (χ0v) is 12.1. The predicted octanol–water partition coefficient (Wildman–Crippen LogP) is -0.967. The third-order valence-electron chi connectivity index (χ3n) is 3.92. The van der Waals surface area contributed by atoms with E-state index >= 15 is 0 Å². The van der Waals surface area contributed by atoms with Crippen molar-refractivity contribution in [2.75, 3.05) is 32.7 Å². The topological polar surface area (TPSA) is 78.0 Å². The number of piperazine rings is 1. The molecular weight excluding hydrogens is 274 g/mol. The van der Waals surface area contributed by atoms with Crippen LogP contribution in [0, 0.1) is 0 Å². The van der Waals surface area contributed by atoms with Crippen molar-refractivity contribution >= 4 is 23.5 Å². The molecule has 0 radical (unpaired) electrons. The Labute approximate surface area is 123 Å². The minimum atomic E-state index is -0.730. The Hall–Kier alpha value is -2.18. The quantitative estimate of drug-likeness (QED) is 0.614. The monoisotopic (exact) mass is 293 g/mol. The van der Waals surface area contributed by atoms with E-state index in [-0.39, 0.29) is 30.6 Å². The summed E-state index contributed by atoms with van der Waals surface area (Å²) in [6, 6.07) is -0.730. The summed E-state index contributed by atoms with van der Waals surface area (Å²) in [4.78, 5) is 51.6. The molecule has 2 heterocycles. The molecule has 2 aliphatic rings. The Bertz CT molecular complexity index is 494. The molecule has 0 N–H and O–H groups in total. The Morgan fingerprint density at radius 2 is 1.71 bits per heavy atom. The van der Waals surface area contributed by atoms with Crippen LogP contribution in [0.5, 0.6) is 0 Å². The number of hydrogen-bond donors (Lipinski definition) is 0. The summed E-state index contributed by atoms with van der Waals surface area (Å²) in [5, 5.41) is 0. The highest BCUT2D eigenvalue weighted by Gasteiger charge is 2.40. The van der Waals surface area contributed by atoms with Gasteiger partial charge >= 0.3 is 0 Å². The van der Waals surface area contributed by atoms with Crippen LogP contribution in [-0.4, -0.2) is 77.0 Å². The fraction of sp³-hybridized carbons (Fsp3) is 0.571. The van der Waals surface area contributed by atoms with Crippen molar-refractivity contribution in [2.45, 2.75) is 19.4 Å². The van der Waals surface area contributed by atoms with Crippen LogP contribution in [0.15, 0.2) is 12.7 Å². The number of carbonyl (C=O) groups is 4. The van der Waals surface area contributed by atoms with E-state index in [0.717, 1.165) is 6.08 Å². The van der Waals surface area contributed by atoms with E-state index in [4.69, 9.17) is 0 Å². The predicted molar refractivity (Wildman–Crippen MR) is 74.2 cm³/mol. The number of nitrogens with zero attached hydrogens (tertiary/aromatic N) is 3. The Kier molecular flexibility index (Phi) is 4.40. The van der Waals surface area contributed by atoms with Gasteiger partial charge in [-0.2, -0.15) is 0 Å². The van der Waals surface area contributed by atoms with Crippen molar-refractivity contribution in [3.05, 3.63) is 12.7 Å². The maximum atomic E-state index is 12.5. The molecule has 21 heavy (non-hydrogen) atoms. The molecule has 0 aromatic carbocycles. The second-order valence-electron chi connectivity index (χ2n) is 5.26. The van der Waals surface area contributed by atoms with Crippen molar-refractivity contribution in [2.24, 2.45) is 0 Å². The van der Waals surface area contributed by atoms with Gasteiger partial charge in [0.25, 0.3) is 0 Å². The molecule has 2 rings (SSSR count). The third kappa shape index (κ3) is 3.12. The van der Waals surface area contributed by atoms with E-state index < -0.39 is 11.9 Å². The maximum absolute atomic E-state index is 12.5. The van der Waals surface area contributed by atoms with Gasteiger partial charge in [-0.1, -0.05) is 6.58 Å². The van der Waals surface area contributed by atoms with Gasteiger partial charge in [-0.15, -0.1) is 0 Å². The number of likely N-dealkylation sites (tertiary alicyclic amines) is 1. The van der Waals surface area contributed by atoms with Crippen molar-refractivity contribution in [3.8, 4) is 0 Å². The van der Waals surface area contributed by atoms with Crippen molar-refractivity contribution in [1.29, 1.82) is 0 Å². The summed E-state index contributed by atoms with van der Waals surface area (Å²) in [5.74, 6) is -0.756. The van der Waals surface area contributed by atoms with Gasteiger partial charge in [0, 0.05) is 39.5 Å². The second kappa shape index (κ2) is 6.07. The van der Waals surface area contributed by atoms with E-state index in [0.29, 0.717) is 26.2 Å². The fourth-order valence-corrected chi connectivity index (χ4v) is 2.71. The zero-order chi connectivity index (χ0) is 15.6. The van der Waals surface area contributed by atoms with Gasteiger partial charge in [0.1, 0.15) is 6.04 Å². The summed E-state index contributed by atoms with van der Waals surface area (Å²) in [6.07, 6.45) is 1.18. The number of hydrogen-bond acceptors (Lipinski definition) is 4. The number of carbonyl (C=O) groups excluding carboxylic acids is 4. The average molecular weight is 293 g/mol. The zero-order valence-electron chi connectivity index (χ0n) is 12.1. The van der Waals surface area contributed by atoms with Gasteiger partial charge in [-0.25, -0.2) is 0 Å². The smallest absolute Gasteiger partial charge is 0.247 e. The van der Waals surface area contributed by atoms with Crippen molar-refractivity contribution in [1.82, 2.24) is 14.7 Å². The average Bonchev–Trinajstić information content (AvgIpc) is 2.87. The Morgan fingerprint density at radius 3 is 2.24 bits per heavy atom. The molecule has 7 nitrogen and oxygen atoms in total. The van der Waals surface area contributed by atoms with E-state index in [9.17, 15) is 19.2 Å². The molecule has 2 aliphatic heterocycles. The lowest BCUT2D eigenvalue weighted by Crippen LogP contribution is -2.55. The molecule has 0 aliphatic carbocycles. The molecule has 0 saturated carbocycles. The van der Waals surface area contributed by atoms with Crippen LogP contribution in [0.4, 0.5) is 0 Å². The van der Waals surface area contributed by atoms with E-state index in [1.165, 1.54) is 11.8 Å². The summed E-state index contributed by atoms with van der Waals surface area (Å²) in [5.41, 5.74) is 0. The van der Waals surface area contributed by atoms with Crippen LogP contribution in [0.25, 0.3) is 0 Å². The highest BCUT2D eigenvalue weighted by molar-refractivity contribution is 6.01. The molecule has 2 saturated heterocycles. The number of rotatable bonds is 2. The SMILES string of the molecule is C=CC(=O)N1CC(=O)C[C@H]1C(=O)N1CCN(C(C)=O)CC1. The van der Waals surface area contributed by atoms with Crippen LogP contribution in [0.3, 0.4) is 0 Å². The van der Waals surface area contributed by atoms with E-state index in [1.807, 2.05) is 0 Å². The molecule has 0 aromatic heterocycles. The summed E-state index contributed by atoms with van der Waals surface area (Å²) in [7, 11) is 0. The minimum absolute atomic E-state index is 0.0124. The fourth-order valence-electron chi connectivity index (χ4n) is 2.71. The highest BCUT2D eigenvalue weighted by Crippen LogP contribution is 2.18. The first kappa shape index (κ1) is 15.2. The molecule has 114 valence electrons. The summed E-state index contributed by atoms with van der Waals surface area (Å²) in [6.45, 7) is 6.68. The van der Waals surface area contributed by atoms with Crippen LogP contribution in [0.1, 0.15) is 13.3 Å². The number of amides is 3. The largest absolute Gasteiger partial charge is 0.339 e. The number of Topliss-reactive ketones (excluding diaryl/α,β-unsaturated/α-hetero) is 1. The van der Waals surface area contributed by atoms with Crippen LogP contribution >= 0.6 is 0 Å². The van der Waals surface area contributed by atoms with E-state index in [2.05, 4.69) is 6.58 Å². The first-order valence-electron chi connectivity index (χ1n) is 6.93. The molecule has 0 aromatic rings. The van der Waals surface area contributed by atoms with Gasteiger partial charge < -0.3 is 14.7 Å². The number of ketones is 1. The molecule has 7 heteroatoms. The van der Waals surface area contributed by atoms with E-state index in [1.54, 1.807) is 9.80 Å². The normalized spacial score (nSPS) is 22.4. The Balaban J connectivity index is 2.02. The minimum Gasteiger partial charge on any atom is -0.339 e. The Morgan fingerprint density at radius 1 is 1.14 bits per heavy atom. The molecule has 1 atom stereocenters. The summed E-state index contributed by atoms with van der Waals surface area (Å²) < 4.78 is 0. The first-order valence-corrected chi connectivity index (χ1v) is 6.93. The van der Waals surface area contributed by atoms with Gasteiger partial charge in [0.05, 0.1) is 6.54 Å². The molecule has 2 fully saturated rings. The van der Waals surface area contributed by atoms with Crippen LogP contribution < -0.4 is 0 Å². The third-order valence-corrected chi connectivity index (χ3v) is 3.92. The summed E-state index contributed by atoms with van der Waals surface area (Å²) >= 11 is 0. The molecular formula is C14H19N3O4. The lowest BCUT2D eigenvalue weighted by atomic mass is 10.1. The molecule has 0 unspecified atom stereocenters. The first-order chi connectivity index (χ1) is 9.93. The second-order valence-corrected chi connectivity index (χ2v) is 5.26. The van der Waals surface area contributed by atoms with Crippen molar-refractivity contribution in [3.63, 3.8) is 0 Å². The molecule has 3 amide bonds.